The number of imidazole rings is 1. The van der Waals surface area contributed by atoms with E-state index < -0.39 is 0 Å². The Bertz CT molecular complexity index is 574. The van der Waals surface area contributed by atoms with E-state index in [0.29, 0.717) is 0 Å². The van der Waals surface area contributed by atoms with Gasteiger partial charge in [-0.2, -0.15) is 0 Å². The van der Waals surface area contributed by atoms with Crippen LogP contribution in [0.15, 0.2) is 23.0 Å². The maximum absolute atomic E-state index is 11.2. The Morgan fingerprint density at radius 3 is 2.53 bits per heavy atom. The number of aromatic nitrogens is 2. The van der Waals surface area contributed by atoms with Crippen molar-refractivity contribution in [2.75, 3.05) is 0 Å². The minimum absolute atomic E-state index is 0.00204. The zero-order valence-corrected chi connectivity index (χ0v) is 10.5. The highest BCUT2D eigenvalue weighted by molar-refractivity contribution is 5.75. The van der Waals surface area contributed by atoms with Crippen molar-refractivity contribution in [2.24, 2.45) is 11.1 Å². The summed E-state index contributed by atoms with van der Waals surface area (Å²) in [7, 11) is 0. The molecule has 1 unspecified atom stereocenters. The first kappa shape index (κ1) is 11.9. The van der Waals surface area contributed by atoms with Crippen LogP contribution in [0.2, 0.25) is 0 Å². The Morgan fingerprint density at radius 1 is 1.24 bits per heavy atom. The van der Waals surface area contributed by atoms with Crippen molar-refractivity contribution in [1.82, 2.24) is 9.97 Å². The molecule has 0 saturated heterocycles. The summed E-state index contributed by atoms with van der Waals surface area (Å²) in [4.78, 5) is 16.6. The Balaban J connectivity index is 2.32. The molecule has 17 heavy (non-hydrogen) atoms. The molecule has 92 valence electrons. The van der Waals surface area contributed by atoms with Crippen LogP contribution in [0, 0.1) is 5.41 Å². The first-order valence-electron chi connectivity index (χ1n) is 5.83. The molecule has 1 aromatic carbocycles. The Hall–Kier alpha value is -1.55. The Labute approximate surface area is 100 Å². The minimum Gasteiger partial charge on any atom is -0.324 e. The van der Waals surface area contributed by atoms with E-state index in [1.165, 1.54) is 0 Å². The van der Waals surface area contributed by atoms with Crippen LogP contribution in [0.3, 0.4) is 0 Å². The molecular formula is C13H19N3O. The fourth-order valence-electron chi connectivity index (χ4n) is 2.06. The van der Waals surface area contributed by atoms with Gasteiger partial charge < -0.3 is 15.7 Å². The second-order valence-electron chi connectivity index (χ2n) is 5.76. The van der Waals surface area contributed by atoms with Gasteiger partial charge in [-0.1, -0.05) is 26.8 Å². The number of fused-ring (bicyclic) bond motifs is 1. The van der Waals surface area contributed by atoms with Gasteiger partial charge >= 0.3 is 5.69 Å². The molecule has 0 fully saturated rings. The molecule has 1 atom stereocenters. The Morgan fingerprint density at radius 2 is 1.88 bits per heavy atom. The predicted molar refractivity (Wildman–Crippen MR) is 69.9 cm³/mol. The molecule has 2 rings (SSSR count). The van der Waals surface area contributed by atoms with E-state index in [4.69, 9.17) is 5.73 Å². The summed E-state index contributed by atoms with van der Waals surface area (Å²) < 4.78 is 0. The molecule has 0 saturated carbocycles. The third-order valence-corrected chi connectivity index (χ3v) is 2.80. The van der Waals surface area contributed by atoms with E-state index >= 15 is 0 Å². The smallest absolute Gasteiger partial charge is 0.323 e. The molecule has 2 aromatic rings. The molecular weight excluding hydrogens is 214 g/mol. The van der Waals surface area contributed by atoms with Gasteiger partial charge in [0.25, 0.3) is 0 Å². The fraction of sp³-hybridized carbons (Fsp3) is 0.462. The highest BCUT2D eigenvalue weighted by Crippen LogP contribution is 2.28. The maximum atomic E-state index is 11.2. The lowest BCUT2D eigenvalue weighted by atomic mass is 9.86. The fourth-order valence-corrected chi connectivity index (χ4v) is 2.06. The largest absolute Gasteiger partial charge is 0.324 e. The average molecular weight is 233 g/mol. The quantitative estimate of drug-likeness (QED) is 0.744. The third-order valence-electron chi connectivity index (χ3n) is 2.80. The summed E-state index contributed by atoms with van der Waals surface area (Å²) in [6.07, 6.45) is 0.910. The molecule has 0 amide bonds. The highest BCUT2D eigenvalue weighted by atomic mass is 16.1. The van der Waals surface area contributed by atoms with Gasteiger partial charge in [-0.15, -0.1) is 0 Å². The summed E-state index contributed by atoms with van der Waals surface area (Å²) in [6.45, 7) is 6.51. The number of benzene rings is 1. The van der Waals surface area contributed by atoms with Crippen LogP contribution >= 0.6 is 0 Å². The second kappa shape index (κ2) is 4.04. The van der Waals surface area contributed by atoms with Crippen LogP contribution in [0.1, 0.15) is 38.8 Å². The zero-order valence-electron chi connectivity index (χ0n) is 10.5. The van der Waals surface area contributed by atoms with Crippen LogP contribution in [0.25, 0.3) is 11.0 Å². The minimum atomic E-state index is -0.179. The molecule has 0 spiro atoms. The van der Waals surface area contributed by atoms with Crippen LogP contribution < -0.4 is 11.4 Å². The Kier molecular flexibility index (Phi) is 2.83. The highest BCUT2D eigenvalue weighted by Gasteiger charge is 2.17. The SMILES string of the molecule is CC(C)(C)CC(N)c1ccc2[nH]c(=O)[nH]c2c1. The number of hydrogen-bond donors (Lipinski definition) is 3. The van der Waals surface area contributed by atoms with Crippen molar-refractivity contribution in [2.45, 2.75) is 33.2 Å². The molecule has 1 aromatic heterocycles. The number of hydrogen-bond acceptors (Lipinski definition) is 2. The van der Waals surface area contributed by atoms with Crippen LogP contribution in [0.5, 0.6) is 0 Å². The number of nitrogens with two attached hydrogens (primary N) is 1. The number of aromatic amines is 2. The van der Waals surface area contributed by atoms with E-state index in [0.717, 1.165) is 23.0 Å². The molecule has 4 N–H and O–H groups in total. The lowest BCUT2D eigenvalue weighted by Gasteiger charge is -2.23. The van der Waals surface area contributed by atoms with Gasteiger partial charge in [-0.3, -0.25) is 0 Å². The van der Waals surface area contributed by atoms with Gasteiger partial charge in [0.1, 0.15) is 0 Å². The standard InChI is InChI=1S/C13H19N3O/c1-13(2,3)7-9(14)8-4-5-10-11(6-8)16-12(17)15-10/h4-6,9H,7,14H2,1-3H3,(H2,15,16,17). The topological polar surface area (TPSA) is 74.7 Å². The van der Waals surface area contributed by atoms with Crippen molar-refractivity contribution < 1.29 is 0 Å². The van der Waals surface area contributed by atoms with Crippen molar-refractivity contribution >= 4 is 11.0 Å². The van der Waals surface area contributed by atoms with Gasteiger partial charge in [0, 0.05) is 6.04 Å². The molecule has 4 heteroatoms. The second-order valence-corrected chi connectivity index (χ2v) is 5.76. The molecule has 0 aliphatic carbocycles. The monoisotopic (exact) mass is 233 g/mol. The van der Waals surface area contributed by atoms with Crippen LogP contribution in [-0.2, 0) is 0 Å². The van der Waals surface area contributed by atoms with E-state index in [-0.39, 0.29) is 17.1 Å². The van der Waals surface area contributed by atoms with Gasteiger partial charge in [-0.05, 0) is 29.5 Å². The van der Waals surface area contributed by atoms with Crippen molar-refractivity contribution in [1.29, 1.82) is 0 Å². The average Bonchev–Trinajstić information content (AvgIpc) is 2.53. The van der Waals surface area contributed by atoms with Gasteiger partial charge in [-0.25, -0.2) is 4.79 Å². The zero-order chi connectivity index (χ0) is 12.6. The predicted octanol–water partition coefficient (Wildman–Crippen LogP) is 2.29. The molecule has 4 nitrogen and oxygen atoms in total. The van der Waals surface area contributed by atoms with Crippen molar-refractivity contribution in [3.63, 3.8) is 0 Å². The van der Waals surface area contributed by atoms with Gasteiger partial charge in [0.15, 0.2) is 0 Å². The van der Waals surface area contributed by atoms with Crippen molar-refractivity contribution in [3.8, 4) is 0 Å². The first-order valence-corrected chi connectivity index (χ1v) is 5.83. The summed E-state index contributed by atoms with van der Waals surface area (Å²) in [6, 6.07) is 5.81. The molecule has 0 aliphatic rings. The summed E-state index contributed by atoms with van der Waals surface area (Å²) in [5, 5.41) is 0. The van der Waals surface area contributed by atoms with Crippen LogP contribution in [0.4, 0.5) is 0 Å². The van der Waals surface area contributed by atoms with Crippen LogP contribution in [-0.4, -0.2) is 9.97 Å². The lowest BCUT2D eigenvalue weighted by molar-refractivity contribution is 0.343. The number of rotatable bonds is 2. The maximum Gasteiger partial charge on any atom is 0.323 e. The first-order chi connectivity index (χ1) is 7.85. The van der Waals surface area contributed by atoms with Crippen molar-refractivity contribution in [3.05, 3.63) is 34.2 Å². The summed E-state index contributed by atoms with van der Waals surface area (Å²) >= 11 is 0. The number of nitrogens with one attached hydrogen (secondary N) is 2. The molecule has 0 bridgehead atoms. The number of H-pyrrole nitrogens is 2. The molecule has 0 aliphatic heterocycles. The van der Waals surface area contributed by atoms with Gasteiger partial charge in [0.05, 0.1) is 11.0 Å². The third kappa shape index (κ3) is 2.77. The van der Waals surface area contributed by atoms with E-state index in [1.807, 2.05) is 18.2 Å². The molecule has 1 heterocycles. The van der Waals surface area contributed by atoms with E-state index in [9.17, 15) is 4.79 Å². The van der Waals surface area contributed by atoms with E-state index in [2.05, 4.69) is 30.7 Å². The van der Waals surface area contributed by atoms with E-state index in [1.54, 1.807) is 0 Å². The summed E-state index contributed by atoms with van der Waals surface area (Å²) in [5.41, 5.74) is 8.89. The van der Waals surface area contributed by atoms with Gasteiger partial charge in [0.2, 0.25) is 0 Å². The molecule has 0 radical (unpaired) electrons. The summed E-state index contributed by atoms with van der Waals surface area (Å²) in [5.74, 6) is 0. The normalized spacial score (nSPS) is 14.1. The lowest BCUT2D eigenvalue weighted by Crippen LogP contribution is -2.18.